The first-order chi connectivity index (χ1) is 8.81. The minimum Gasteiger partial charge on any atom is -0.370 e. The van der Waals surface area contributed by atoms with Crippen molar-refractivity contribution in [2.24, 2.45) is 0 Å². The third-order valence-corrected chi connectivity index (χ3v) is 3.87. The van der Waals surface area contributed by atoms with Gasteiger partial charge in [0.1, 0.15) is 11.9 Å². The summed E-state index contributed by atoms with van der Waals surface area (Å²) in [6.07, 6.45) is 3.54. The van der Waals surface area contributed by atoms with E-state index in [0.29, 0.717) is 6.04 Å². The fraction of sp³-hybridized carbons (Fsp3) is 0.533. The van der Waals surface area contributed by atoms with Gasteiger partial charge in [-0.25, -0.2) is 4.98 Å². The molecule has 2 aromatic rings. The van der Waals surface area contributed by atoms with E-state index in [1.807, 2.05) is 0 Å². The van der Waals surface area contributed by atoms with Crippen molar-refractivity contribution in [3.05, 3.63) is 30.1 Å². The molecule has 1 aromatic carbocycles. The van der Waals surface area contributed by atoms with Crippen LogP contribution in [0.25, 0.3) is 11.0 Å². The van der Waals surface area contributed by atoms with Crippen LogP contribution in [0.2, 0.25) is 0 Å². The normalized spacial score (nSPS) is 21.6. The Kier molecular flexibility index (Phi) is 3.08. The average molecular weight is 244 g/mol. The van der Waals surface area contributed by atoms with Gasteiger partial charge in [0.05, 0.1) is 11.0 Å². The highest BCUT2D eigenvalue weighted by molar-refractivity contribution is 5.76. The largest absolute Gasteiger partial charge is 0.370 e. The molecule has 2 atom stereocenters. The second-order valence-corrected chi connectivity index (χ2v) is 5.09. The van der Waals surface area contributed by atoms with Crippen molar-refractivity contribution in [1.82, 2.24) is 9.55 Å². The maximum Gasteiger partial charge on any atom is 0.139 e. The summed E-state index contributed by atoms with van der Waals surface area (Å²) in [6, 6.07) is 8.86. The number of aromatic nitrogens is 2. The lowest BCUT2D eigenvalue weighted by molar-refractivity contribution is 0.101. The highest BCUT2D eigenvalue weighted by atomic mass is 16.5. The Hall–Kier alpha value is -1.35. The number of benzene rings is 1. The smallest absolute Gasteiger partial charge is 0.139 e. The van der Waals surface area contributed by atoms with E-state index in [-0.39, 0.29) is 6.10 Å². The molecule has 1 aromatic heterocycles. The van der Waals surface area contributed by atoms with Gasteiger partial charge >= 0.3 is 0 Å². The first-order valence-electron chi connectivity index (χ1n) is 6.89. The summed E-state index contributed by atoms with van der Waals surface area (Å²) in [7, 11) is 0. The molecule has 3 heteroatoms. The van der Waals surface area contributed by atoms with Gasteiger partial charge in [-0.3, -0.25) is 0 Å². The second-order valence-electron chi connectivity index (χ2n) is 5.09. The van der Waals surface area contributed by atoms with Crippen molar-refractivity contribution in [3.8, 4) is 0 Å². The minimum atomic E-state index is 0.186. The predicted octanol–water partition coefficient (Wildman–Crippen LogP) is 3.86. The lowest BCUT2D eigenvalue weighted by Crippen LogP contribution is -2.12. The van der Waals surface area contributed by atoms with Crippen LogP contribution in [0.15, 0.2) is 24.3 Å². The Balaban J connectivity index is 2.16. The second kappa shape index (κ2) is 4.73. The highest BCUT2D eigenvalue weighted by Crippen LogP contribution is 2.33. The van der Waals surface area contributed by atoms with Crippen molar-refractivity contribution >= 4 is 11.0 Å². The highest BCUT2D eigenvalue weighted by Gasteiger charge is 2.25. The molecule has 2 heterocycles. The molecule has 1 fully saturated rings. The van der Waals surface area contributed by atoms with Gasteiger partial charge in [-0.1, -0.05) is 19.1 Å². The fourth-order valence-corrected chi connectivity index (χ4v) is 2.72. The van der Waals surface area contributed by atoms with Gasteiger partial charge in [0.25, 0.3) is 0 Å². The van der Waals surface area contributed by atoms with E-state index in [1.165, 1.54) is 5.52 Å². The molecule has 0 N–H and O–H groups in total. The van der Waals surface area contributed by atoms with Crippen molar-refractivity contribution in [1.29, 1.82) is 0 Å². The molecule has 0 radical (unpaired) electrons. The molecular weight excluding hydrogens is 224 g/mol. The summed E-state index contributed by atoms with van der Waals surface area (Å²) in [5, 5.41) is 0. The van der Waals surface area contributed by atoms with E-state index < -0.39 is 0 Å². The molecule has 0 aliphatic carbocycles. The Morgan fingerprint density at radius 1 is 1.44 bits per heavy atom. The maximum absolute atomic E-state index is 5.82. The third-order valence-electron chi connectivity index (χ3n) is 3.87. The first-order valence-corrected chi connectivity index (χ1v) is 6.89. The summed E-state index contributed by atoms with van der Waals surface area (Å²) in [6.45, 7) is 5.35. The Labute approximate surface area is 108 Å². The van der Waals surface area contributed by atoms with Crippen LogP contribution in [0.1, 0.15) is 51.1 Å². The Bertz CT molecular complexity index is 540. The zero-order chi connectivity index (χ0) is 12.5. The molecule has 0 bridgehead atoms. The molecule has 3 nitrogen and oxygen atoms in total. The summed E-state index contributed by atoms with van der Waals surface area (Å²) >= 11 is 0. The lowest BCUT2D eigenvalue weighted by Gasteiger charge is -2.18. The van der Waals surface area contributed by atoms with Crippen LogP contribution < -0.4 is 0 Å². The van der Waals surface area contributed by atoms with Crippen molar-refractivity contribution < 1.29 is 4.74 Å². The Morgan fingerprint density at radius 3 is 3.00 bits per heavy atom. The molecule has 2 unspecified atom stereocenters. The number of para-hydroxylation sites is 2. The fourth-order valence-electron chi connectivity index (χ4n) is 2.72. The van der Waals surface area contributed by atoms with Crippen LogP contribution in [-0.2, 0) is 4.74 Å². The standard InChI is InChI=1S/C15H20N2O/c1-3-11(2)17-13-8-5-4-7-12(13)16-15(17)14-9-6-10-18-14/h4-5,7-8,11,14H,3,6,9-10H2,1-2H3. The summed E-state index contributed by atoms with van der Waals surface area (Å²) in [5.74, 6) is 1.11. The van der Waals surface area contributed by atoms with Crippen LogP contribution >= 0.6 is 0 Å². The molecule has 0 spiro atoms. The van der Waals surface area contributed by atoms with Crippen molar-refractivity contribution in [3.63, 3.8) is 0 Å². The van der Waals surface area contributed by atoms with Crippen LogP contribution in [-0.4, -0.2) is 16.2 Å². The van der Waals surface area contributed by atoms with Gasteiger partial charge in [-0.05, 0) is 38.3 Å². The molecule has 0 amide bonds. The zero-order valence-electron chi connectivity index (χ0n) is 11.1. The topological polar surface area (TPSA) is 27.1 Å². The van der Waals surface area contributed by atoms with E-state index in [2.05, 4.69) is 42.7 Å². The predicted molar refractivity (Wildman–Crippen MR) is 72.7 cm³/mol. The number of hydrogen-bond acceptors (Lipinski definition) is 2. The molecule has 18 heavy (non-hydrogen) atoms. The van der Waals surface area contributed by atoms with E-state index in [9.17, 15) is 0 Å². The molecule has 96 valence electrons. The van der Waals surface area contributed by atoms with Gasteiger partial charge in [-0.15, -0.1) is 0 Å². The van der Waals surface area contributed by atoms with Crippen LogP contribution in [0.3, 0.4) is 0 Å². The van der Waals surface area contributed by atoms with Gasteiger partial charge in [0.15, 0.2) is 0 Å². The molecule has 3 rings (SSSR count). The quantitative estimate of drug-likeness (QED) is 0.819. The average Bonchev–Trinajstić information content (AvgIpc) is 3.04. The summed E-state index contributed by atoms with van der Waals surface area (Å²) in [5.41, 5.74) is 2.32. The summed E-state index contributed by atoms with van der Waals surface area (Å²) in [4.78, 5) is 4.80. The van der Waals surface area contributed by atoms with Crippen LogP contribution in [0.5, 0.6) is 0 Å². The number of ether oxygens (including phenoxy) is 1. The van der Waals surface area contributed by atoms with E-state index in [4.69, 9.17) is 9.72 Å². The van der Waals surface area contributed by atoms with E-state index in [1.54, 1.807) is 0 Å². The van der Waals surface area contributed by atoms with Crippen LogP contribution in [0, 0.1) is 0 Å². The number of hydrogen-bond donors (Lipinski definition) is 0. The third kappa shape index (κ3) is 1.83. The number of fused-ring (bicyclic) bond motifs is 1. The van der Waals surface area contributed by atoms with E-state index >= 15 is 0 Å². The van der Waals surface area contributed by atoms with Crippen molar-refractivity contribution in [2.45, 2.75) is 45.3 Å². The first kappa shape index (κ1) is 11.7. The SMILES string of the molecule is CCC(C)n1c(C2CCCO2)nc2ccccc21. The number of rotatable bonds is 3. The Morgan fingerprint density at radius 2 is 2.28 bits per heavy atom. The number of nitrogens with zero attached hydrogens (tertiary/aromatic N) is 2. The zero-order valence-corrected chi connectivity index (χ0v) is 11.1. The summed E-state index contributed by atoms with van der Waals surface area (Å²) < 4.78 is 8.19. The minimum absolute atomic E-state index is 0.186. The van der Waals surface area contributed by atoms with Gasteiger partial charge in [0, 0.05) is 12.6 Å². The number of imidazole rings is 1. The monoisotopic (exact) mass is 244 g/mol. The molecule has 1 aliphatic heterocycles. The van der Waals surface area contributed by atoms with Gasteiger partial charge in [-0.2, -0.15) is 0 Å². The van der Waals surface area contributed by atoms with Gasteiger partial charge < -0.3 is 9.30 Å². The van der Waals surface area contributed by atoms with E-state index in [0.717, 1.165) is 37.2 Å². The van der Waals surface area contributed by atoms with Gasteiger partial charge in [0.2, 0.25) is 0 Å². The lowest BCUT2D eigenvalue weighted by atomic mass is 10.2. The molecular formula is C15H20N2O. The molecule has 0 saturated carbocycles. The molecule has 1 aliphatic rings. The molecule has 1 saturated heterocycles. The van der Waals surface area contributed by atoms with Crippen LogP contribution in [0.4, 0.5) is 0 Å². The maximum atomic E-state index is 5.82. The van der Waals surface area contributed by atoms with Crippen molar-refractivity contribution in [2.75, 3.05) is 6.61 Å².